The summed E-state index contributed by atoms with van der Waals surface area (Å²) in [4.78, 5) is 11.9. The second-order valence-corrected chi connectivity index (χ2v) is 5.28. The number of rotatable bonds is 1. The molecule has 108 valence electrons. The highest BCUT2D eigenvalue weighted by Crippen LogP contribution is 2.40. The average molecular weight is 285 g/mol. The van der Waals surface area contributed by atoms with E-state index >= 15 is 0 Å². The van der Waals surface area contributed by atoms with E-state index < -0.39 is 0 Å². The van der Waals surface area contributed by atoms with Crippen molar-refractivity contribution in [1.82, 2.24) is 9.78 Å². The van der Waals surface area contributed by atoms with Crippen molar-refractivity contribution < 1.29 is 14.3 Å². The minimum Gasteiger partial charge on any atom is -0.486 e. The maximum Gasteiger partial charge on any atom is 0.226 e. The largest absolute Gasteiger partial charge is 0.486 e. The Labute approximate surface area is 121 Å². The van der Waals surface area contributed by atoms with E-state index in [4.69, 9.17) is 9.47 Å². The van der Waals surface area contributed by atoms with Gasteiger partial charge in [-0.15, -0.1) is 0 Å². The number of nitrogens with zero attached hydrogens (tertiary/aromatic N) is 2. The quantitative estimate of drug-likeness (QED) is 0.865. The van der Waals surface area contributed by atoms with Crippen LogP contribution in [0, 0.1) is 0 Å². The van der Waals surface area contributed by atoms with Crippen molar-refractivity contribution in [2.45, 2.75) is 12.3 Å². The Morgan fingerprint density at radius 2 is 2.10 bits per heavy atom. The number of ether oxygens (including phenoxy) is 2. The molecule has 1 amide bonds. The molecule has 0 saturated carbocycles. The molecule has 1 N–H and O–H groups in total. The number of carbonyl (C=O) groups excluding carboxylic acids is 1. The van der Waals surface area contributed by atoms with E-state index in [1.54, 1.807) is 4.68 Å². The van der Waals surface area contributed by atoms with Crippen LogP contribution in [0.15, 0.2) is 24.4 Å². The molecule has 6 heteroatoms. The molecule has 2 aromatic rings. The van der Waals surface area contributed by atoms with Crippen LogP contribution in [0.1, 0.15) is 23.5 Å². The highest BCUT2D eigenvalue weighted by atomic mass is 16.6. The molecule has 21 heavy (non-hydrogen) atoms. The van der Waals surface area contributed by atoms with Crippen LogP contribution in [0.5, 0.6) is 11.5 Å². The fraction of sp³-hybridized carbons (Fsp3) is 0.333. The summed E-state index contributed by atoms with van der Waals surface area (Å²) < 4.78 is 12.9. The molecule has 0 saturated heterocycles. The molecule has 2 aliphatic rings. The van der Waals surface area contributed by atoms with Crippen molar-refractivity contribution in [3.63, 3.8) is 0 Å². The third kappa shape index (κ3) is 1.94. The highest BCUT2D eigenvalue weighted by Gasteiger charge is 2.30. The molecular weight excluding hydrogens is 270 g/mol. The van der Waals surface area contributed by atoms with E-state index in [-0.39, 0.29) is 11.8 Å². The lowest BCUT2D eigenvalue weighted by Crippen LogP contribution is -2.24. The summed E-state index contributed by atoms with van der Waals surface area (Å²) in [7, 11) is 1.82. The maximum atomic E-state index is 11.9. The SMILES string of the molecule is Cn1ncc2c1NC(=O)C[C@H]2c1ccc2c(c1)OCCO2. The van der Waals surface area contributed by atoms with Crippen molar-refractivity contribution in [1.29, 1.82) is 0 Å². The Morgan fingerprint density at radius 3 is 2.95 bits per heavy atom. The molecule has 0 bridgehead atoms. The second-order valence-electron chi connectivity index (χ2n) is 5.28. The van der Waals surface area contributed by atoms with Crippen molar-refractivity contribution >= 4 is 11.7 Å². The lowest BCUT2D eigenvalue weighted by Gasteiger charge is -2.25. The van der Waals surface area contributed by atoms with E-state index in [9.17, 15) is 4.79 Å². The summed E-state index contributed by atoms with van der Waals surface area (Å²) in [6.07, 6.45) is 2.23. The predicted molar refractivity (Wildman–Crippen MR) is 75.7 cm³/mol. The van der Waals surface area contributed by atoms with Crippen molar-refractivity contribution in [2.24, 2.45) is 7.05 Å². The molecular formula is C15H15N3O3. The van der Waals surface area contributed by atoms with Crippen LogP contribution in [0.4, 0.5) is 5.82 Å². The molecule has 1 aromatic carbocycles. The molecule has 2 aliphatic heterocycles. The first-order valence-electron chi connectivity index (χ1n) is 6.93. The van der Waals surface area contributed by atoms with Crippen LogP contribution in [-0.2, 0) is 11.8 Å². The molecule has 3 heterocycles. The van der Waals surface area contributed by atoms with Gasteiger partial charge in [-0.3, -0.25) is 9.48 Å². The van der Waals surface area contributed by atoms with E-state index in [0.717, 1.165) is 28.4 Å². The monoisotopic (exact) mass is 285 g/mol. The van der Waals surface area contributed by atoms with Gasteiger partial charge in [0.15, 0.2) is 11.5 Å². The number of nitrogens with one attached hydrogen (secondary N) is 1. The predicted octanol–water partition coefficient (Wildman–Crippen LogP) is 1.67. The Morgan fingerprint density at radius 1 is 1.29 bits per heavy atom. The number of hydrogen-bond donors (Lipinski definition) is 1. The number of aromatic nitrogens is 2. The van der Waals surface area contributed by atoms with E-state index in [2.05, 4.69) is 10.4 Å². The molecule has 0 fully saturated rings. The smallest absolute Gasteiger partial charge is 0.226 e. The third-order valence-electron chi connectivity index (χ3n) is 3.96. The van der Waals surface area contributed by atoms with Crippen LogP contribution in [0.3, 0.4) is 0 Å². The number of aryl methyl sites for hydroxylation is 1. The second kappa shape index (κ2) is 4.51. The minimum atomic E-state index is -0.00160. The Kier molecular flexibility index (Phi) is 2.63. The molecule has 0 aliphatic carbocycles. The average Bonchev–Trinajstić information content (AvgIpc) is 2.87. The van der Waals surface area contributed by atoms with Gasteiger partial charge in [0.25, 0.3) is 0 Å². The first-order valence-corrected chi connectivity index (χ1v) is 6.93. The maximum absolute atomic E-state index is 11.9. The zero-order valence-electron chi connectivity index (χ0n) is 11.6. The van der Waals surface area contributed by atoms with Gasteiger partial charge in [0.05, 0.1) is 6.20 Å². The summed E-state index contributed by atoms with van der Waals surface area (Å²) in [5.74, 6) is 2.28. The van der Waals surface area contributed by atoms with Gasteiger partial charge < -0.3 is 14.8 Å². The van der Waals surface area contributed by atoms with E-state index in [1.165, 1.54) is 0 Å². The first-order chi connectivity index (χ1) is 10.2. The van der Waals surface area contributed by atoms with Gasteiger partial charge in [-0.05, 0) is 17.7 Å². The van der Waals surface area contributed by atoms with Crippen LogP contribution in [0.2, 0.25) is 0 Å². The number of benzene rings is 1. The fourth-order valence-corrected chi connectivity index (χ4v) is 2.92. The van der Waals surface area contributed by atoms with Crippen LogP contribution in [0.25, 0.3) is 0 Å². The number of amides is 1. The number of carbonyl (C=O) groups is 1. The summed E-state index contributed by atoms with van der Waals surface area (Å²) in [5.41, 5.74) is 2.08. The van der Waals surface area contributed by atoms with Gasteiger partial charge in [-0.25, -0.2) is 0 Å². The van der Waals surface area contributed by atoms with Crippen molar-refractivity contribution in [3.8, 4) is 11.5 Å². The summed E-state index contributed by atoms with van der Waals surface area (Å²) in [6.45, 7) is 1.13. The van der Waals surface area contributed by atoms with E-state index in [1.807, 2.05) is 31.4 Å². The molecule has 6 nitrogen and oxygen atoms in total. The Balaban J connectivity index is 1.78. The van der Waals surface area contributed by atoms with Gasteiger partial charge in [0, 0.05) is 24.9 Å². The topological polar surface area (TPSA) is 65.4 Å². The van der Waals surface area contributed by atoms with Gasteiger partial charge in [-0.2, -0.15) is 5.10 Å². The summed E-state index contributed by atoms with van der Waals surface area (Å²) >= 11 is 0. The molecule has 0 radical (unpaired) electrons. The zero-order chi connectivity index (χ0) is 14.4. The Hall–Kier alpha value is -2.50. The van der Waals surface area contributed by atoms with Crippen LogP contribution >= 0.6 is 0 Å². The minimum absolute atomic E-state index is 0.00160. The summed E-state index contributed by atoms with van der Waals surface area (Å²) in [6, 6.07) is 5.87. The lowest BCUT2D eigenvalue weighted by atomic mass is 9.87. The highest BCUT2D eigenvalue weighted by molar-refractivity contribution is 5.94. The number of hydrogen-bond acceptors (Lipinski definition) is 4. The number of anilines is 1. The van der Waals surface area contributed by atoms with Crippen molar-refractivity contribution in [3.05, 3.63) is 35.5 Å². The number of fused-ring (bicyclic) bond motifs is 2. The molecule has 4 rings (SSSR count). The van der Waals surface area contributed by atoms with Crippen molar-refractivity contribution in [2.75, 3.05) is 18.5 Å². The van der Waals surface area contributed by atoms with Gasteiger partial charge in [0.2, 0.25) is 5.91 Å². The molecule has 1 aromatic heterocycles. The van der Waals surface area contributed by atoms with E-state index in [0.29, 0.717) is 19.6 Å². The molecule has 1 atom stereocenters. The third-order valence-corrected chi connectivity index (χ3v) is 3.96. The summed E-state index contributed by atoms with van der Waals surface area (Å²) in [5, 5.41) is 7.12. The normalized spacial score (nSPS) is 19.9. The van der Waals surface area contributed by atoms with Gasteiger partial charge in [0.1, 0.15) is 19.0 Å². The van der Waals surface area contributed by atoms with Gasteiger partial charge >= 0.3 is 0 Å². The molecule has 0 spiro atoms. The molecule has 0 unspecified atom stereocenters. The Bertz CT molecular complexity index is 723. The first kappa shape index (κ1) is 12.3. The lowest BCUT2D eigenvalue weighted by molar-refractivity contribution is -0.116. The van der Waals surface area contributed by atoms with Gasteiger partial charge in [-0.1, -0.05) is 6.07 Å². The van der Waals surface area contributed by atoms with Crippen LogP contribution < -0.4 is 14.8 Å². The standard InChI is InChI=1S/C15H15N3O3/c1-18-15-11(8-16-18)10(7-14(19)17-15)9-2-3-12-13(6-9)21-5-4-20-12/h2-3,6,8,10H,4-5,7H2,1H3,(H,17,19)/t10-/m0/s1. The van der Waals surface area contributed by atoms with Crippen LogP contribution in [-0.4, -0.2) is 28.9 Å². The fourth-order valence-electron chi connectivity index (χ4n) is 2.92. The zero-order valence-corrected chi connectivity index (χ0v) is 11.6.